The number of anilines is 2. The second kappa shape index (κ2) is 10.7. The zero-order valence-electron chi connectivity index (χ0n) is 17.2. The van der Waals surface area contributed by atoms with Crippen LogP contribution in [0.4, 0.5) is 11.4 Å². The van der Waals surface area contributed by atoms with Crippen molar-refractivity contribution in [2.75, 3.05) is 50.1 Å². The van der Waals surface area contributed by atoms with E-state index in [2.05, 4.69) is 10.6 Å². The predicted octanol–water partition coefficient (Wildman–Crippen LogP) is 2.37. The molecule has 3 rings (SSSR count). The molecule has 0 radical (unpaired) electrons. The van der Waals surface area contributed by atoms with Crippen LogP contribution >= 0.6 is 0 Å². The molecule has 2 aliphatic heterocycles. The van der Waals surface area contributed by atoms with Gasteiger partial charge >= 0.3 is 0 Å². The van der Waals surface area contributed by atoms with E-state index in [1.807, 2.05) is 13.0 Å². The molecule has 0 saturated carbocycles. The van der Waals surface area contributed by atoms with Crippen LogP contribution in [0.15, 0.2) is 47.4 Å². The zero-order chi connectivity index (χ0) is 21.4. The van der Waals surface area contributed by atoms with Crippen LogP contribution in [0.2, 0.25) is 0 Å². The van der Waals surface area contributed by atoms with E-state index < -0.39 is 10.0 Å². The Morgan fingerprint density at radius 3 is 2.70 bits per heavy atom. The Morgan fingerprint density at radius 1 is 1.20 bits per heavy atom. The Hall–Kier alpha value is -2.20. The van der Waals surface area contributed by atoms with Gasteiger partial charge in [-0.25, -0.2) is 8.42 Å². The number of benzene rings is 1. The first-order valence-corrected chi connectivity index (χ1v) is 11.6. The Kier molecular flexibility index (Phi) is 8.03. The molecule has 0 bridgehead atoms. The molecular weight excluding hydrogens is 406 g/mol. The molecule has 0 aliphatic carbocycles. The van der Waals surface area contributed by atoms with Crippen molar-refractivity contribution in [1.82, 2.24) is 4.31 Å². The van der Waals surface area contributed by atoms with E-state index in [4.69, 9.17) is 9.47 Å². The summed E-state index contributed by atoms with van der Waals surface area (Å²) in [5.41, 5.74) is 1.07. The summed E-state index contributed by atoms with van der Waals surface area (Å²) >= 11 is 0. The normalized spacial score (nSPS) is 20.8. The third-order valence-electron chi connectivity index (χ3n) is 4.95. The average Bonchev–Trinajstić information content (AvgIpc) is 3.27. The first kappa shape index (κ1) is 22.5. The highest BCUT2D eigenvalue weighted by atomic mass is 32.2. The number of rotatable bonds is 8. The maximum absolute atomic E-state index is 13.0. The molecule has 1 atom stereocenters. The number of ether oxygens (including phenoxy) is 2. The molecule has 0 spiro atoms. The van der Waals surface area contributed by atoms with Gasteiger partial charge in [0.05, 0.1) is 35.6 Å². The van der Waals surface area contributed by atoms with E-state index >= 15 is 0 Å². The minimum absolute atomic E-state index is 0.111. The van der Waals surface area contributed by atoms with Crippen LogP contribution < -0.4 is 10.6 Å². The van der Waals surface area contributed by atoms with Crippen molar-refractivity contribution in [3.63, 3.8) is 0 Å². The molecule has 30 heavy (non-hydrogen) atoms. The van der Waals surface area contributed by atoms with Gasteiger partial charge < -0.3 is 20.1 Å². The molecule has 2 N–H and O–H groups in total. The van der Waals surface area contributed by atoms with Crippen molar-refractivity contribution in [3.8, 4) is 0 Å². The van der Waals surface area contributed by atoms with Gasteiger partial charge in [-0.15, -0.1) is 0 Å². The summed E-state index contributed by atoms with van der Waals surface area (Å²) in [4.78, 5) is 12.4. The first-order valence-electron chi connectivity index (χ1n) is 10.2. The average molecular weight is 436 g/mol. The van der Waals surface area contributed by atoms with Gasteiger partial charge in [0, 0.05) is 32.3 Å². The Morgan fingerprint density at radius 2 is 2.00 bits per heavy atom. The summed E-state index contributed by atoms with van der Waals surface area (Å²) in [5, 5.41) is 6.07. The summed E-state index contributed by atoms with van der Waals surface area (Å²) in [7, 11) is -3.67. The standard InChI is InChI=1S/C21H29N3O5S/c1-2-3-4-7-21(25)23-20-15-18(30(26,27)24-10-13-28-14-11-24)8-9-19(20)22-16-17-6-5-12-29-17/h2-4,7-9,15,17,22H,5-6,10-14,16H2,1H3,(H,23,25)/b3-2+,7-4+. The zero-order valence-corrected chi connectivity index (χ0v) is 18.0. The van der Waals surface area contributed by atoms with E-state index in [0.29, 0.717) is 44.2 Å². The number of carbonyl (C=O) groups excluding carboxylic acids is 1. The Bertz CT molecular complexity index is 886. The van der Waals surface area contributed by atoms with Gasteiger partial charge in [-0.2, -0.15) is 4.31 Å². The maximum Gasteiger partial charge on any atom is 0.248 e. The predicted molar refractivity (Wildman–Crippen MR) is 116 cm³/mol. The summed E-state index contributed by atoms with van der Waals surface area (Å²) in [6.07, 6.45) is 8.70. The number of nitrogens with one attached hydrogen (secondary N) is 2. The number of hydrogen-bond donors (Lipinski definition) is 2. The quantitative estimate of drug-likeness (QED) is 0.481. The molecule has 2 heterocycles. The van der Waals surface area contributed by atoms with Gasteiger partial charge in [-0.3, -0.25) is 4.79 Å². The molecule has 1 aromatic carbocycles. The monoisotopic (exact) mass is 435 g/mol. The molecule has 0 aromatic heterocycles. The van der Waals surface area contributed by atoms with Crippen LogP contribution in [0.5, 0.6) is 0 Å². The topological polar surface area (TPSA) is 97.0 Å². The Balaban J connectivity index is 1.83. The van der Waals surface area contributed by atoms with Crippen molar-refractivity contribution in [3.05, 3.63) is 42.5 Å². The molecule has 1 amide bonds. The second-order valence-electron chi connectivity index (χ2n) is 7.11. The molecule has 8 nitrogen and oxygen atoms in total. The fourth-order valence-corrected chi connectivity index (χ4v) is 4.77. The lowest BCUT2D eigenvalue weighted by molar-refractivity contribution is -0.111. The summed E-state index contributed by atoms with van der Waals surface area (Å²) in [5.74, 6) is -0.339. The van der Waals surface area contributed by atoms with Crippen molar-refractivity contribution in [2.45, 2.75) is 30.8 Å². The van der Waals surface area contributed by atoms with Crippen LogP contribution in [0, 0.1) is 0 Å². The lowest BCUT2D eigenvalue weighted by Gasteiger charge is -2.26. The van der Waals surface area contributed by atoms with Gasteiger partial charge in [-0.05, 0) is 38.0 Å². The van der Waals surface area contributed by atoms with Crippen LogP contribution in [-0.2, 0) is 24.3 Å². The number of carbonyl (C=O) groups is 1. The van der Waals surface area contributed by atoms with E-state index in [1.165, 1.54) is 16.4 Å². The minimum atomic E-state index is -3.67. The maximum atomic E-state index is 13.0. The molecule has 2 fully saturated rings. The number of amides is 1. The van der Waals surface area contributed by atoms with Crippen LogP contribution in [-0.4, -0.2) is 64.2 Å². The number of sulfonamides is 1. The fraction of sp³-hybridized carbons (Fsp3) is 0.476. The SMILES string of the molecule is C/C=C/C=C/C(=O)Nc1cc(S(=O)(=O)N2CCOCC2)ccc1NCC1CCCO1. The Labute approximate surface area is 178 Å². The molecule has 9 heteroatoms. The van der Waals surface area contributed by atoms with Crippen molar-refractivity contribution in [2.24, 2.45) is 0 Å². The lowest BCUT2D eigenvalue weighted by atomic mass is 10.2. The third kappa shape index (κ3) is 5.91. The summed E-state index contributed by atoms with van der Waals surface area (Å²) < 4.78 is 38.3. The van der Waals surface area contributed by atoms with E-state index in [-0.39, 0.29) is 16.9 Å². The highest BCUT2D eigenvalue weighted by Gasteiger charge is 2.27. The highest BCUT2D eigenvalue weighted by Crippen LogP contribution is 2.28. The number of hydrogen-bond acceptors (Lipinski definition) is 6. The summed E-state index contributed by atoms with van der Waals surface area (Å²) in [6.45, 7) is 4.58. The second-order valence-corrected chi connectivity index (χ2v) is 9.05. The van der Waals surface area contributed by atoms with Crippen LogP contribution in [0.1, 0.15) is 19.8 Å². The molecular formula is C21H29N3O5S. The van der Waals surface area contributed by atoms with Crippen LogP contribution in [0.3, 0.4) is 0 Å². The van der Waals surface area contributed by atoms with Gasteiger partial charge in [0.1, 0.15) is 0 Å². The van der Waals surface area contributed by atoms with Gasteiger partial charge in [0.2, 0.25) is 15.9 Å². The largest absolute Gasteiger partial charge is 0.381 e. The van der Waals surface area contributed by atoms with Crippen molar-refractivity contribution < 1.29 is 22.7 Å². The first-order chi connectivity index (χ1) is 14.5. The van der Waals surface area contributed by atoms with Crippen molar-refractivity contribution in [1.29, 1.82) is 0 Å². The molecule has 2 aliphatic rings. The van der Waals surface area contributed by atoms with Gasteiger partial charge in [0.15, 0.2) is 0 Å². The number of allylic oxidation sites excluding steroid dienone is 3. The summed E-state index contributed by atoms with van der Waals surface area (Å²) in [6, 6.07) is 4.76. The minimum Gasteiger partial charge on any atom is -0.381 e. The van der Waals surface area contributed by atoms with Gasteiger partial charge in [-0.1, -0.05) is 18.2 Å². The van der Waals surface area contributed by atoms with Gasteiger partial charge in [0.25, 0.3) is 0 Å². The van der Waals surface area contributed by atoms with Crippen LogP contribution in [0.25, 0.3) is 0 Å². The number of morpholine rings is 1. The molecule has 1 unspecified atom stereocenters. The number of nitrogens with zero attached hydrogens (tertiary/aromatic N) is 1. The van der Waals surface area contributed by atoms with Crippen molar-refractivity contribution >= 4 is 27.3 Å². The van der Waals surface area contributed by atoms with E-state index in [9.17, 15) is 13.2 Å². The highest BCUT2D eigenvalue weighted by molar-refractivity contribution is 7.89. The van der Waals surface area contributed by atoms with E-state index in [0.717, 1.165) is 19.4 Å². The molecule has 1 aromatic rings. The molecule has 164 valence electrons. The fourth-order valence-electron chi connectivity index (χ4n) is 3.33. The smallest absolute Gasteiger partial charge is 0.248 e. The molecule has 2 saturated heterocycles. The lowest BCUT2D eigenvalue weighted by Crippen LogP contribution is -2.40. The third-order valence-corrected chi connectivity index (χ3v) is 6.85. The van der Waals surface area contributed by atoms with E-state index in [1.54, 1.807) is 24.3 Å².